The van der Waals surface area contributed by atoms with E-state index in [0.29, 0.717) is 16.9 Å². The van der Waals surface area contributed by atoms with Crippen molar-refractivity contribution in [3.63, 3.8) is 0 Å². The number of Topliss-reactive ketones (excluding diaryl/α,β-unsaturated/α-hetero) is 1. The zero-order chi connectivity index (χ0) is 19.6. The van der Waals surface area contributed by atoms with Crippen LogP contribution in [-0.4, -0.2) is 29.4 Å². The minimum atomic E-state index is -0.847. The second-order valence-electron chi connectivity index (χ2n) is 6.08. The van der Waals surface area contributed by atoms with E-state index in [-0.39, 0.29) is 17.9 Å². The highest BCUT2D eigenvalue weighted by Crippen LogP contribution is 2.25. The van der Waals surface area contributed by atoms with Crippen molar-refractivity contribution in [1.82, 2.24) is 0 Å². The highest BCUT2D eigenvalue weighted by molar-refractivity contribution is 6.44. The van der Waals surface area contributed by atoms with Gasteiger partial charge in [0.1, 0.15) is 17.6 Å². The molecule has 0 saturated carbocycles. The lowest BCUT2D eigenvalue weighted by molar-refractivity contribution is -0.119. The number of amides is 2. The first-order chi connectivity index (χ1) is 12.8. The summed E-state index contributed by atoms with van der Waals surface area (Å²) in [4.78, 5) is 35.8. The number of primary amides is 1. The van der Waals surface area contributed by atoms with E-state index >= 15 is 0 Å². The van der Waals surface area contributed by atoms with Crippen molar-refractivity contribution in [1.29, 1.82) is 0 Å². The summed E-state index contributed by atoms with van der Waals surface area (Å²) in [7, 11) is 0. The van der Waals surface area contributed by atoms with Gasteiger partial charge in [-0.25, -0.2) is 4.39 Å². The summed E-state index contributed by atoms with van der Waals surface area (Å²) < 4.78 is 13.1. The standard InChI is InChI=1S/C19H17FN4O3/c1-11(25)12-3-2-4-14(9-12)22-19(27)16-10-17(18(21)26)24(23-16)15-7-5-13(20)6-8-15/h2-9,17H,10H2,1H3,(H2,21,26)(H,22,27). The van der Waals surface area contributed by atoms with Crippen LogP contribution in [0, 0.1) is 5.82 Å². The van der Waals surface area contributed by atoms with Gasteiger partial charge in [0.15, 0.2) is 5.78 Å². The van der Waals surface area contributed by atoms with Crippen LogP contribution in [-0.2, 0) is 9.59 Å². The second-order valence-corrected chi connectivity index (χ2v) is 6.08. The number of ketones is 1. The summed E-state index contributed by atoms with van der Waals surface area (Å²) in [5, 5.41) is 8.16. The molecule has 2 aromatic carbocycles. The molecule has 0 bridgehead atoms. The first-order valence-corrected chi connectivity index (χ1v) is 8.19. The Morgan fingerprint density at radius 1 is 1.19 bits per heavy atom. The molecule has 3 rings (SSSR count). The maximum Gasteiger partial charge on any atom is 0.271 e. The number of hydrogen-bond donors (Lipinski definition) is 2. The number of hydrogen-bond acceptors (Lipinski definition) is 5. The van der Waals surface area contributed by atoms with Gasteiger partial charge < -0.3 is 11.1 Å². The third-order valence-electron chi connectivity index (χ3n) is 4.12. The highest BCUT2D eigenvalue weighted by Gasteiger charge is 2.35. The average molecular weight is 368 g/mol. The van der Waals surface area contributed by atoms with Crippen LogP contribution in [0.15, 0.2) is 53.6 Å². The number of halogens is 1. The Bertz CT molecular complexity index is 940. The Hall–Kier alpha value is -3.55. The second kappa shape index (κ2) is 7.36. The van der Waals surface area contributed by atoms with E-state index in [9.17, 15) is 18.8 Å². The number of carbonyl (C=O) groups excluding carboxylic acids is 3. The van der Waals surface area contributed by atoms with Gasteiger partial charge >= 0.3 is 0 Å². The van der Waals surface area contributed by atoms with Gasteiger partial charge in [0.05, 0.1) is 5.69 Å². The van der Waals surface area contributed by atoms with Crippen molar-refractivity contribution < 1.29 is 18.8 Å². The molecule has 1 atom stereocenters. The van der Waals surface area contributed by atoms with Crippen molar-refractivity contribution in [3.8, 4) is 0 Å². The molecule has 0 saturated heterocycles. The van der Waals surface area contributed by atoms with Gasteiger partial charge in [-0.15, -0.1) is 0 Å². The van der Waals surface area contributed by atoms with Crippen LogP contribution in [0.5, 0.6) is 0 Å². The number of carbonyl (C=O) groups is 3. The lowest BCUT2D eigenvalue weighted by Crippen LogP contribution is -2.39. The predicted molar refractivity (Wildman–Crippen MR) is 99.0 cm³/mol. The topological polar surface area (TPSA) is 105 Å². The van der Waals surface area contributed by atoms with E-state index in [1.54, 1.807) is 24.3 Å². The molecule has 0 spiro atoms. The zero-order valence-electron chi connectivity index (χ0n) is 14.5. The van der Waals surface area contributed by atoms with Crippen LogP contribution in [0.25, 0.3) is 0 Å². The largest absolute Gasteiger partial charge is 0.368 e. The van der Waals surface area contributed by atoms with Crippen LogP contribution in [0.3, 0.4) is 0 Å². The maximum atomic E-state index is 13.1. The molecule has 1 unspecified atom stereocenters. The summed E-state index contributed by atoms with van der Waals surface area (Å²) in [6.45, 7) is 1.43. The lowest BCUT2D eigenvalue weighted by atomic mass is 10.1. The van der Waals surface area contributed by atoms with E-state index in [1.807, 2.05) is 0 Å². The Kier molecular flexibility index (Phi) is 4.98. The highest BCUT2D eigenvalue weighted by atomic mass is 19.1. The molecule has 1 heterocycles. The minimum absolute atomic E-state index is 0.0188. The molecule has 2 aromatic rings. The Balaban J connectivity index is 1.83. The molecule has 8 heteroatoms. The van der Waals surface area contributed by atoms with Crippen molar-refractivity contribution in [2.45, 2.75) is 19.4 Å². The summed E-state index contributed by atoms with van der Waals surface area (Å²) in [5.41, 5.74) is 6.88. The van der Waals surface area contributed by atoms with Crippen molar-refractivity contribution >= 4 is 34.7 Å². The molecule has 0 radical (unpaired) electrons. The fourth-order valence-electron chi connectivity index (χ4n) is 2.72. The molecule has 1 aliphatic rings. The van der Waals surface area contributed by atoms with Crippen LogP contribution in [0.1, 0.15) is 23.7 Å². The third kappa shape index (κ3) is 4.00. The fraction of sp³-hybridized carbons (Fsp3) is 0.158. The molecule has 7 nitrogen and oxygen atoms in total. The number of benzene rings is 2. The van der Waals surface area contributed by atoms with E-state index in [0.717, 1.165) is 0 Å². The van der Waals surface area contributed by atoms with Crippen LogP contribution in [0.4, 0.5) is 15.8 Å². The smallest absolute Gasteiger partial charge is 0.271 e. The summed E-state index contributed by atoms with van der Waals surface area (Å²) in [6.07, 6.45) is 0.0188. The first-order valence-electron chi connectivity index (χ1n) is 8.19. The van der Waals surface area contributed by atoms with Gasteiger partial charge in [0.2, 0.25) is 5.91 Å². The lowest BCUT2D eigenvalue weighted by Gasteiger charge is -2.20. The minimum Gasteiger partial charge on any atom is -0.368 e. The van der Waals surface area contributed by atoms with Crippen LogP contribution in [0.2, 0.25) is 0 Å². The molecule has 1 aliphatic heterocycles. The molecule has 0 fully saturated rings. The van der Waals surface area contributed by atoms with Gasteiger partial charge in [-0.1, -0.05) is 12.1 Å². The molecule has 2 amide bonds. The predicted octanol–water partition coefficient (Wildman–Crippen LogP) is 2.09. The Morgan fingerprint density at radius 3 is 2.52 bits per heavy atom. The third-order valence-corrected chi connectivity index (χ3v) is 4.12. The van der Waals surface area contributed by atoms with E-state index in [1.165, 1.54) is 36.2 Å². The van der Waals surface area contributed by atoms with Gasteiger partial charge in [-0.2, -0.15) is 5.10 Å². The Labute approximate surface area is 154 Å². The van der Waals surface area contributed by atoms with Gasteiger partial charge in [-0.05, 0) is 43.3 Å². The summed E-state index contributed by atoms with van der Waals surface area (Å²) >= 11 is 0. The number of nitrogens with two attached hydrogens (primary N) is 1. The monoisotopic (exact) mass is 368 g/mol. The summed E-state index contributed by atoms with van der Waals surface area (Å²) in [6, 6.07) is 11.0. The zero-order valence-corrected chi connectivity index (χ0v) is 14.5. The number of hydrazone groups is 1. The average Bonchev–Trinajstić information content (AvgIpc) is 3.08. The van der Waals surface area contributed by atoms with E-state index in [2.05, 4.69) is 10.4 Å². The number of nitrogens with one attached hydrogen (secondary N) is 1. The van der Waals surface area contributed by atoms with E-state index < -0.39 is 23.7 Å². The van der Waals surface area contributed by atoms with Crippen LogP contribution >= 0.6 is 0 Å². The number of anilines is 2. The molecular formula is C19H17FN4O3. The molecule has 3 N–H and O–H groups in total. The molecule has 0 aromatic heterocycles. The van der Waals surface area contributed by atoms with Crippen molar-refractivity contribution in [3.05, 3.63) is 59.9 Å². The number of rotatable bonds is 5. The fourth-order valence-corrected chi connectivity index (χ4v) is 2.72. The molecule has 138 valence electrons. The Morgan fingerprint density at radius 2 is 1.89 bits per heavy atom. The normalized spacial score (nSPS) is 16.0. The van der Waals surface area contributed by atoms with Crippen LogP contribution < -0.4 is 16.1 Å². The van der Waals surface area contributed by atoms with Gasteiger partial charge in [0, 0.05) is 17.7 Å². The molecular weight excluding hydrogens is 351 g/mol. The van der Waals surface area contributed by atoms with Crippen molar-refractivity contribution in [2.75, 3.05) is 10.3 Å². The van der Waals surface area contributed by atoms with Gasteiger partial charge in [0.25, 0.3) is 5.91 Å². The number of nitrogens with zero attached hydrogens (tertiary/aromatic N) is 2. The van der Waals surface area contributed by atoms with Crippen molar-refractivity contribution in [2.24, 2.45) is 10.8 Å². The van der Waals surface area contributed by atoms with E-state index in [4.69, 9.17) is 5.73 Å². The maximum absolute atomic E-state index is 13.1. The van der Waals surface area contributed by atoms with Gasteiger partial charge in [-0.3, -0.25) is 19.4 Å². The molecule has 27 heavy (non-hydrogen) atoms. The summed E-state index contributed by atoms with van der Waals surface area (Å²) in [5.74, 6) is -1.71. The SMILES string of the molecule is CC(=O)c1cccc(NC(=O)C2=NN(c3ccc(F)cc3)C(C(N)=O)C2)c1. The first kappa shape index (κ1) is 18.2. The molecule has 0 aliphatic carbocycles. The quantitative estimate of drug-likeness (QED) is 0.788.